The van der Waals surface area contributed by atoms with Crippen molar-refractivity contribution >= 4 is 84.1 Å². The monoisotopic (exact) mass is 597 g/mol. The summed E-state index contributed by atoms with van der Waals surface area (Å²) in [6.07, 6.45) is 4.37. The Morgan fingerprint density at radius 2 is 1.19 bits per heavy atom. The highest BCUT2D eigenvalue weighted by Crippen LogP contribution is 2.43. The van der Waals surface area contributed by atoms with Gasteiger partial charge in [0.15, 0.2) is 0 Å². The number of para-hydroxylation sites is 5. The number of allylic oxidation sites excluding steroid dienone is 2. The molecule has 47 heavy (non-hydrogen) atoms. The van der Waals surface area contributed by atoms with E-state index in [0.717, 1.165) is 5.70 Å². The average molecular weight is 598 g/mol. The van der Waals surface area contributed by atoms with E-state index in [1.54, 1.807) is 0 Å². The van der Waals surface area contributed by atoms with E-state index in [2.05, 4.69) is 161 Å². The molecule has 11 rings (SSSR count). The van der Waals surface area contributed by atoms with Crippen LogP contribution in [0.5, 0.6) is 0 Å². The van der Waals surface area contributed by atoms with E-state index in [-0.39, 0.29) is 6.85 Å². The van der Waals surface area contributed by atoms with Gasteiger partial charge in [-0.3, -0.25) is 0 Å². The molecule has 218 valence electrons. The Morgan fingerprint density at radius 3 is 1.94 bits per heavy atom. The fourth-order valence-corrected chi connectivity index (χ4v) is 9.01. The van der Waals surface area contributed by atoms with Crippen molar-refractivity contribution in [2.45, 2.75) is 6.92 Å². The number of nitrogens with zero attached hydrogens (tertiary/aromatic N) is 3. The minimum absolute atomic E-state index is 0.0710. The molecule has 5 heterocycles. The molecule has 0 fully saturated rings. The molecule has 0 saturated carbocycles. The maximum atomic E-state index is 4.35. The molecule has 0 atom stereocenters. The molecule has 9 aromatic rings. The molecule has 0 unspecified atom stereocenters. The van der Waals surface area contributed by atoms with Gasteiger partial charge in [0, 0.05) is 60.7 Å². The Hall–Kier alpha value is -6.00. The Bertz CT molecular complexity index is 2840. The minimum Gasteiger partial charge on any atom is -0.379 e. The van der Waals surface area contributed by atoms with E-state index < -0.39 is 0 Å². The highest BCUT2D eigenvalue weighted by atomic mass is 15.0. The maximum absolute atomic E-state index is 4.35. The van der Waals surface area contributed by atoms with Gasteiger partial charge in [0.05, 0.1) is 22.1 Å². The van der Waals surface area contributed by atoms with Gasteiger partial charge in [-0.2, -0.15) is 0 Å². The summed E-state index contributed by atoms with van der Waals surface area (Å²) < 4.78 is 7.51. The molecular formula is C43H28BN3. The Morgan fingerprint density at radius 1 is 0.596 bits per heavy atom. The Labute approximate surface area is 272 Å². The van der Waals surface area contributed by atoms with Gasteiger partial charge >= 0.3 is 6.85 Å². The molecule has 3 nitrogen and oxygen atoms in total. The number of fused-ring (bicyclic) bond motifs is 10. The molecule has 4 heteroatoms. The third-order valence-electron chi connectivity index (χ3n) is 10.8. The van der Waals surface area contributed by atoms with Crippen molar-refractivity contribution in [3.8, 4) is 16.8 Å². The second-order valence-corrected chi connectivity index (χ2v) is 13.0. The molecule has 0 bridgehead atoms. The first-order valence-electron chi connectivity index (χ1n) is 16.4. The predicted molar refractivity (Wildman–Crippen MR) is 201 cm³/mol. The lowest BCUT2D eigenvalue weighted by Crippen LogP contribution is -2.55. The van der Waals surface area contributed by atoms with E-state index in [1.165, 1.54) is 93.5 Å². The average Bonchev–Trinajstić information content (AvgIpc) is 3.74. The summed E-state index contributed by atoms with van der Waals surface area (Å²) in [5, 5.41) is 6.40. The SMILES string of the molecule is C=C/C(=C\c1c(C)n2c3c(cccc13)-c1cccc3c1B2c1cccc2c4ccccc4n-3c12)n1c2ccccc2c2ccccc21. The topological polar surface area (TPSA) is 14.8 Å². The van der Waals surface area contributed by atoms with Gasteiger partial charge in [0.2, 0.25) is 0 Å². The van der Waals surface area contributed by atoms with Crippen LogP contribution in [-0.4, -0.2) is 20.5 Å². The Balaban J connectivity index is 1.25. The van der Waals surface area contributed by atoms with E-state index in [0.29, 0.717) is 0 Å². The van der Waals surface area contributed by atoms with E-state index in [4.69, 9.17) is 0 Å². The quantitative estimate of drug-likeness (QED) is 0.142. The third-order valence-corrected chi connectivity index (χ3v) is 10.8. The zero-order chi connectivity index (χ0) is 31.0. The standard InChI is InChI=1S/C43H28BN3/c1-3-27(45-37-21-7-4-13-28(37)29-14-5-8-22-38(29)45)25-35-26(2)47-42-33(17-10-18-34(35)42)31-16-12-24-40-41(31)44(47)36-20-11-19-32-30-15-6-9-23-39(30)46(40)43(32)36/h3-25H,1H2,2H3/b27-25+. The molecule has 0 aliphatic carbocycles. The second kappa shape index (κ2) is 8.83. The van der Waals surface area contributed by atoms with Crippen LogP contribution >= 0.6 is 0 Å². The van der Waals surface area contributed by atoms with Crippen LogP contribution in [0.1, 0.15) is 11.3 Å². The predicted octanol–water partition coefficient (Wildman–Crippen LogP) is 9.29. The number of rotatable bonds is 3. The van der Waals surface area contributed by atoms with Crippen LogP contribution in [0.25, 0.3) is 83.1 Å². The molecule has 0 spiro atoms. The second-order valence-electron chi connectivity index (χ2n) is 13.0. The first kappa shape index (κ1) is 25.2. The largest absolute Gasteiger partial charge is 0.379 e. The summed E-state index contributed by atoms with van der Waals surface area (Å²) >= 11 is 0. The molecular weight excluding hydrogens is 569 g/mol. The van der Waals surface area contributed by atoms with Crippen LogP contribution in [-0.2, 0) is 0 Å². The molecule has 0 radical (unpaired) electrons. The molecule has 3 aromatic heterocycles. The van der Waals surface area contributed by atoms with Gasteiger partial charge in [0.25, 0.3) is 0 Å². The molecule has 2 aliphatic rings. The van der Waals surface area contributed by atoms with Gasteiger partial charge < -0.3 is 13.6 Å². The van der Waals surface area contributed by atoms with Gasteiger partial charge in [-0.05, 0) is 59.8 Å². The normalized spacial score (nSPS) is 13.4. The van der Waals surface area contributed by atoms with Gasteiger partial charge in [-0.15, -0.1) is 0 Å². The van der Waals surface area contributed by atoms with Crippen molar-refractivity contribution in [2.75, 3.05) is 0 Å². The highest BCUT2D eigenvalue weighted by molar-refractivity contribution is 6.89. The summed E-state index contributed by atoms with van der Waals surface area (Å²) in [6, 6.07) is 46.8. The van der Waals surface area contributed by atoms with Gasteiger partial charge in [-0.1, -0.05) is 110 Å². The third kappa shape index (κ3) is 2.99. The summed E-state index contributed by atoms with van der Waals surface area (Å²) in [7, 11) is 0. The van der Waals surface area contributed by atoms with Crippen molar-refractivity contribution in [3.63, 3.8) is 0 Å². The summed E-state index contributed by atoms with van der Waals surface area (Å²) in [5.74, 6) is 0. The van der Waals surface area contributed by atoms with E-state index in [9.17, 15) is 0 Å². The van der Waals surface area contributed by atoms with Crippen LogP contribution in [0.4, 0.5) is 0 Å². The van der Waals surface area contributed by atoms with E-state index in [1.807, 2.05) is 6.08 Å². The van der Waals surface area contributed by atoms with Crippen molar-refractivity contribution in [2.24, 2.45) is 0 Å². The van der Waals surface area contributed by atoms with Crippen molar-refractivity contribution in [1.29, 1.82) is 0 Å². The number of benzene rings is 6. The number of hydrogen-bond acceptors (Lipinski definition) is 0. The van der Waals surface area contributed by atoms with E-state index >= 15 is 0 Å². The summed E-state index contributed by atoms with van der Waals surface area (Å²) in [5.41, 5.74) is 16.5. The lowest BCUT2D eigenvalue weighted by molar-refractivity contribution is 1.13. The maximum Gasteiger partial charge on any atom is 0.332 e. The van der Waals surface area contributed by atoms with Crippen molar-refractivity contribution < 1.29 is 0 Å². The molecule has 0 N–H and O–H groups in total. The number of hydrogen-bond donors (Lipinski definition) is 0. The lowest BCUT2D eigenvalue weighted by Gasteiger charge is -2.34. The minimum atomic E-state index is 0.0710. The van der Waals surface area contributed by atoms with Crippen LogP contribution in [0.2, 0.25) is 0 Å². The molecule has 0 saturated heterocycles. The first-order chi connectivity index (χ1) is 23.2. The smallest absolute Gasteiger partial charge is 0.332 e. The summed E-state index contributed by atoms with van der Waals surface area (Å²) in [4.78, 5) is 0. The fraction of sp³-hybridized carbons (Fsp3) is 0.0233. The first-order valence-corrected chi connectivity index (χ1v) is 16.4. The zero-order valence-electron chi connectivity index (χ0n) is 25.9. The van der Waals surface area contributed by atoms with Crippen LogP contribution in [0, 0.1) is 6.92 Å². The molecule has 2 aliphatic heterocycles. The highest BCUT2D eigenvalue weighted by Gasteiger charge is 2.41. The zero-order valence-corrected chi connectivity index (χ0v) is 25.9. The van der Waals surface area contributed by atoms with Crippen molar-refractivity contribution in [1.82, 2.24) is 13.6 Å². The van der Waals surface area contributed by atoms with Crippen LogP contribution < -0.4 is 10.9 Å². The van der Waals surface area contributed by atoms with Gasteiger partial charge in [0.1, 0.15) is 0 Å². The van der Waals surface area contributed by atoms with Crippen LogP contribution in [0.15, 0.2) is 140 Å². The lowest BCUT2D eigenvalue weighted by atomic mass is 9.45. The summed E-state index contributed by atoms with van der Waals surface area (Å²) in [6.45, 7) is 6.73. The van der Waals surface area contributed by atoms with Crippen LogP contribution in [0.3, 0.4) is 0 Å². The van der Waals surface area contributed by atoms with Gasteiger partial charge in [-0.25, -0.2) is 0 Å². The van der Waals surface area contributed by atoms with Crippen molar-refractivity contribution in [3.05, 3.63) is 151 Å². The fourth-order valence-electron chi connectivity index (χ4n) is 9.01. The Kier molecular flexibility index (Phi) is 4.74. The molecule has 6 aromatic carbocycles. The molecule has 0 amide bonds. The number of aromatic nitrogens is 3.